The number of piperidine rings is 1. The average Bonchev–Trinajstić information content (AvgIpc) is 2.88. The van der Waals surface area contributed by atoms with Gasteiger partial charge in [0, 0.05) is 38.4 Å². The van der Waals surface area contributed by atoms with E-state index in [1.807, 2.05) is 42.5 Å². The summed E-state index contributed by atoms with van der Waals surface area (Å²) in [6.45, 7) is 1.84. The van der Waals surface area contributed by atoms with Gasteiger partial charge in [-0.3, -0.25) is 9.78 Å². The normalized spacial score (nSPS) is 15.4. The molecule has 1 aliphatic heterocycles. The Morgan fingerprint density at radius 2 is 1.79 bits per heavy atom. The van der Waals surface area contributed by atoms with Crippen molar-refractivity contribution in [3.05, 3.63) is 72.6 Å². The molecule has 2 aromatic carbocycles. The number of pyridine rings is 1. The highest BCUT2D eigenvalue weighted by Crippen LogP contribution is 2.28. The van der Waals surface area contributed by atoms with Gasteiger partial charge in [0.05, 0.1) is 4.90 Å². The van der Waals surface area contributed by atoms with Crippen molar-refractivity contribution in [3.8, 4) is 0 Å². The van der Waals surface area contributed by atoms with Crippen molar-refractivity contribution in [2.24, 2.45) is 5.92 Å². The van der Waals surface area contributed by atoms with Crippen LogP contribution in [0.2, 0.25) is 0 Å². The molecule has 180 valence electrons. The number of amides is 1. The molecule has 1 aromatic heterocycles. The summed E-state index contributed by atoms with van der Waals surface area (Å²) in [4.78, 5) is 16.5. The summed E-state index contributed by atoms with van der Waals surface area (Å²) in [6.07, 6.45) is 9.59. The van der Waals surface area contributed by atoms with Crippen molar-refractivity contribution in [2.45, 2.75) is 49.8 Å². The Labute approximate surface area is 202 Å². The van der Waals surface area contributed by atoms with Gasteiger partial charge in [0.1, 0.15) is 0 Å². The molecule has 1 saturated heterocycles. The number of carbonyl (C=O) groups is 1. The van der Waals surface area contributed by atoms with Crippen LogP contribution < -0.4 is 5.32 Å². The maximum Gasteiger partial charge on any atom is 0.243 e. The highest BCUT2D eigenvalue weighted by molar-refractivity contribution is 7.89. The average molecular weight is 480 g/mol. The van der Waals surface area contributed by atoms with E-state index in [0.29, 0.717) is 43.3 Å². The second kappa shape index (κ2) is 11.6. The minimum absolute atomic E-state index is 0.0797. The second-order valence-electron chi connectivity index (χ2n) is 9.06. The molecule has 2 heterocycles. The van der Waals surface area contributed by atoms with E-state index in [2.05, 4.69) is 10.3 Å². The van der Waals surface area contributed by atoms with Gasteiger partial charge >= 0.3 is 0 Å². The number of aromatic nitrogens is 1. The van der Waals surface area contributed by atoms with E-state index < -0.39 is 10.0 Å². The van der Waals surface area contributed by atoms with Crippen LogP contribution in [-0.2, 0) is 21.2 Å². The number of aryl methyl sites for hydroxylation is 1. The Balaban J connectivity index is 1.14. The zero-order chi connectivity index (χ0) is 23.8. The first-order valence-electron chi connectivity index (χ1n) is 12.2. The molecule has 1 amide bonds. The fourth-order valence-corrected chi connectivity index (χ4v) is 6.10. The zero-order valence-corrected chi connectivity index (χ0v) is 20.3. The molecule has 6 nitrogen and oxygen atoms in total. The monoisotopic (exact) mass is 479 g/mol. The first-order chi connectivity index (χ1) is 16.5. The predicted octanol–water partition coefficient (Wildman–Crippen LogP) is 4.55. The standard InChI is InChI=1S/C27H33N3O3S/c31-27(13-10-23-7-5-16-28-21-23)29-17-4-3-6-22-14-18-30(19-15-22)34(32,33)26-12-11-24-8-1-2-9-25(24)20-26/h1-2,5,7-9,11-12,16,20-22H,3-4,6,10,13-15,17-19H2,(H,29,31). The lowest BCUT2D eigenvalue weighted by atomic mass is 9.92. The van der Waals surface area contributed by atoms with Crippen LogP contribution in [-0.4, -0.2) is 43.2 Å². The lowest BCUT2D eigenvalue weighted by Gasteiger charge is -2.31. The molecule has 7 heteroatoms. The van der Waals surface area contributed by atoms with Crippen LogP contribution in [0.4, 0.5) is 0 Å². The van der Waals surface area contributed by atoms with Crippen molar-refractivity contribution in [1.82, 2.24) is 14.6 Å². The molecule has 0 spiro atoms. The molecule has 4 rings (SSSR count). The molecule has 1 fully saturated rings. The van der Waals surface area contributed by atoms with E-state index >= 15 is 0 Å². The molecule has 34 heavy (non-hydrogen) atoms. The highest BCUT2D eigenvalue weighted by Gasteiger charge is 2.29. The lowest BCUT2D eigenvalue weighted by molar-refractivity contribution is -0.121. The lowest BCUT2D eigenvalue weighted by Crippen LogP contribution is -2.38. The number of hydrogen-bond acceptors (Lipinski definition) is 4. The number of carbonyl (C=O) groups excluding carboxylic acids is 1. The number of hydrogen-bond donors (Lipinski definition) is 1. The third-order valence-corrected chi connectivity index (χ3v) is 8.55. The summed E-state index contributed by atoms with van der Waals surface area (Å²) in [6, 6.07) is 17.1. The van der Waals surface area contributed by atoms with Crippen molar-refractivity contribution in [2.75, 3.05) is 19.6 Å². The van der Waals surface area contributed by atoms with E-state index in [4.69, 9.17) is 0 Å². The molecular weight excluding hydrogens is 446 g/mol. The number of nitrogens with one attached hydrogen (secondary N) is 1. The van der Waals surface area contributed by atoms with E-state index in [9.17, 15) is 13.2 Å². The van der Waals surface area contributed by atoms with Crippen LogP contribution >= 0.6 is 0 Å². The molecule has 0 atom stereocenters. The minimum Gasteiger partial charge on any atom is -0.356 e. The van der Waals surface area contributed by atoms with E-state index in [0.717, 1.165) is 48.4 Å². The molecule has 0 aliphatic carbocycles. The molecule has 1 aliphatic rings. The van der Waals surface area contributed by atoms with Crippen molar-refractivity contribution in [3.63, 3.8) is 0 Å². The molecule has 0 bridgehead atoms. The van der Waals surface area contributed by atoms with E-state index in [1.165, 1.54) is 0 Å². The number of benzene rings is 2. The number of unbranched alkanes of at least 4 members (excludes halogenated alkanes) is 1. The van der Waals surface area contributed by atoms with Crippen LogP contribution in [0, 0.1) is 5.92 Å². The van der Waals surface area contributed by atoms with Gasteiger partial charge in [0.15, 0.2) is 0 Å². The predicted molar refractivity (Wildman–Crippen MR) is 135 cm³/mol. The topological polar surface area (TPSA) is 79.4 Å². The SMILES string of the molecule is O=C(CCc1cccnc1)NCCCCC1CCN(S(=O)(=O)c2ccc3ccccc3c2)CC1. The third-order valence-electron chi connectivity index (χ3n) is 6.66. The Morgan fingerprint density at radius 1 is 1.00 bits per heavy atom. The van der Waals surface area contributed by atoms with Crippen LogP contribution in [0.3, 0.4) is 0 Å². The Morgan fingerprint density at radius 3 is 2.56 bits per heavy atom. The Hall–Kier alpha value is -2.77. The summed E-state index contributed by atoms with van der Waals surface area (Å²) in [7, 11) is -3.46. The van der Waals surface area contributed by atoms with Gasteiger partial charge in [-0.2, -0.15) is 4.31 Å². The summed E-state index contributed by atoms with van der Waals surface area (Å²) in [5.41, 5.74) is 1.08. The van der Waals surface area contributed by atoms with E-state index in [-0.39, 0.29) is 5.91 Å². The quantitative estimate of drug-likeness (QED) is 0.433. The first kappa shape index (κ1) is 24.4. The zero-order valence-electron chi connectivity index (χ0n) is 19.5. The number of sulfonamides is 1. The fourth-order valence-electron chi connectivity index (χ4n) is 4.59. The minimum atomic E-state index is -3.46. The van der Waals surface area contributed by atoms with Gasteiger partial charge < -0.3 is 5.32 Å². The van der Waals surface area contributed by atoms with Crippen molar-refractivity contribution in [1.29, 1.82) is 0 Å². The summed E-state index contributed by atoms with van der Waals surface area (Å²) >= 11 is 0. The fraction of sp³-hybridized carbons (Fsp3) is 0.407. The van der Waals surface area contributed by atoms with Crippen LogP contribution in [0.15, 0.2) is 71.9 Å². The van der Waals surface area contributed by atoms with Gasteiger partial charge in [-0.1, -0.05) is 49.2 Å². The number of fused-ring (bicyclic) bond motifs is 1. The Kier molecular flexibility index (Phi) is 8.29. The number of rotatable bonds is 10. The van der Waals surface area contributed by atoms with Gasteiger partial charge in [0.2, 0.25) is 15.9 Å². The van der Waals surface area contributed by atoms with Crippen molar-refractivity contribution >= 4 is 26.7 Å². The van der Waals surface area contributed by atoms with Crippen LogP contribution in [0.25, 0.3) is 10.8 Å². The van der Waals surface area contributed by atoms with Gasteiger partial charge in [0.25, 0.3) is 0 Å². The van der Waals surface area contributed by atoms with Gasteiger partial charge in [-0.15, -0.1) is 0 Å². The van der Waals surface area contributed by atoms with Gasteiger partial charge in [-0.25, -0.2) is 8.42 Å². The van der Waals surface area contributed by atoms with Crippen LogP contribution in [0.5, 0.6) is 0 Å². The molecule has 0 unspecified atom stereocenters. The smallest absolute Gasteiger partial charge is 0.243 e. The summed E-state index contributed by atoms with van der Waals surface area (Å²) < 4.78 is 27.9. The van der Waals surface area contributed by atoms with Crippen molar-refractivity contribution < 1.29 is 13.2 Å². The first-order valence-corrected chi connectivity index (χ1v) is 13.6. The molecule has 1 N–H and O–H groups in total. The largest absolute Gasteiger partial charge is 0.356 e. The summed E-state index contributed by atoms with van der Waals surface area (Å²) in [5, 5.41) is 4.99. The molecular formula is C27H33N3O3S. The highest BCUT2D eigenvalue weighted by atomic mass is 32.2. The number of nitrogens with zero attached hydrogens (tertiary/aromatic N) is 2. The molecule has 3 aromatic rings. The van der Waals surface area contributed by atoms with E-state index in [1.54, 1.807) is 28.8 Å². The third kappa shape index (κ3) is 6.42. The summed E-state index contributed by atoms with van der Waals surface area (Å²) in [5.74, 6) is 0.625. The Bertz CT molecular complexity index is 1190. The molecule has 0 radical (unpaired) electrons. The van der Waals surface area contributed by atoms with Gasteiger partial charge in [-0.05, 0) is 66.1 Å². The molecule has 0 saturated carbocycles. The maximum atomic E-state index is 13.1. The van der Waals surface area contributed by atoms with Crippen LogP contribution in [0.1, 0.15) is 44.1 Å². The maximum absolute atomic E-state index is 13.1. The second-order valence-corrected chi connectivity index (χ2v) is 11.0.